The number of rotatable bonds is 3. The van der Waals surface area contributed by atoms with Gasteiger partial charge in [-0.3, -0.25) is 0 Å². The molecule has 2 atom stereocenters. The summed E-state index contributed by atoms with van der Waals surface area (Å²) >= 11 is 5.98. The third kappa shape index (κ3) is 4.17. The van der Waals surface area contributed by atoms with Crippen LogP contribution in [-0.2, 0) is 6.18 Å². The maximum atomic E-state index is 13.0. The number of pyridine rings is 1. The van der Waals surface area contributed by atoms with Crippen LogP contribution < -0.4 is 5.73 Å². The molecule has 7 heteroatoms. The molecule has 3 aromatic rings. The Morgan fingerprint density at radius 2 is 1.64 bits per heavy atom. The predicted octanol–water partition coefficient (Wildman–Crippen LogP) is 6.32. The summed E-state index contributed by atoms with van der Waals surface area (Å²) in [6.45, 7) is 0. The molecular formula is C21H17Cl2F3N2. The van der Waals surface area contributed by atoms with E-state index in [0.29, 0.717) is 16.3 Å². The van der Waals surface area contributed by atoms with Crippen molar-refractivity contribution in [1.29, 1.82) is 0 Å². The summed E-state index contributed by atoms with van der Waals surface area (Å²) in [7, 11) is 0. The van der Waals surface area contributed by atoms with E-state index in [1.165, 1.54) is 6.07 Å². The van der Waals surface area contributed by atoms with Crippen molar-refractivity contribution in [3.63, 3.8) is 0 Å². The monoisotopic (exact) mass is 424 g/mol. The van der Waals surface area contributed by atoms with E-state index in [1.807, 2.05) is 18.2 Å². The number of halogens is 5. The van der Waals surface area contributed by atoms with Crippen LogP contribution in [0.5, 0.6) is 0 Å². The van der Waals surface area contributed by atoms with Crippen molar-refractivity contribution in [2.24, 2.45) is 5.73 Å². The first-order valence-electron chi connectivity index (χ1n) is 8.53. The zero-order valence-corrected chi connectivity index (χ0v) is 16.2. The Kier molecular flexibility index (Phi) is 5.71. The van der Waals surface area contributed by atoms with Crippen LogP contribution >= 0.6 is 24.0 Å². The van der Waals surface area contributed by atoms with Gasteiger partial charge in [-0.25, -0.2) is 4.98 Å². The summed E-state index contributed by atoms with van der Waals surface area (Å²) in [5.74, 6) is 0.221. The fraction of sp³-hybridized carbons (Fsp3) is 0.190. The summed E-state index contributed by atoms with van der Waals surface area (Å²) < 4.78 is 39.1. The lowest BCUT2D eigenvalue weighted by Gasteiger charge is -2.13. The molecule has 1 aromatic heterocycles. The summed E-state index contributed by atoms with van der Waals surface area (Å²) in [5.41, 5.74) is 8.85. The molecule has 1 fully saturated rings. The van der Waals surface area contributed by atoms with E-state index < -0.39 is 11.7 Å². The highest BCUT2D eigenvalue weighted by Crippen LogP contribution is 2.44. The van der Waals surface area contributed by atoms with Crippen molar-refractivity contribution in [1.82, 2.24) is 4.98 Å². The van der Waals surface area contributed by atoms with Crippen LogP contribution in [0.15, 0.2) is 60.7 Å². The van der Waals surface area contributed by atoms with Crippen molar-refractivity contribution in [3.05, 3.63) is 76.8 Å². The van der Waals surface area contributed by atoms with Crippen molar-refractivity contribution in [2.75, 3.05) is 0 Å². The fourth-order valence-corrected chi connectivity index (χ4v) is 3.32. The quantitative estimate of drug-likeness (QED) is 0.533. The minimum absolute atomic E-state index is 0. The highest BCUT2D eigenvalue weighted by molar-refractivity contribution is 6.30. The summed E-state index contributed by atoms with van der Waals surface area (Å²) in [6.07, 6.45) is -3.51. The Labute approximate surface area is 172 Å². The molecule has 146 valence electrons. The van der Waals surface area contributed by atoms with Gasteiger partial charge in [-0.05, 0) is 42.3 Å². The second kappa shape index (κ2) is 7.74. The number of alkyl halides is 3. The van der Waals surface area contributed by atoms with E-state index in [0.717, 1.165) is 35.4 Å². The molecular weight excluding hydrogens is 408 g/mol. The Hall–Kier alpha value is -2.08. The minimum atomic E-state index is -4.39. The lowest BCUT2D eigenvalue weighted by Crippen LogP contribution is -2.05. The smallest absolute Gasteiger partial charge is 0.327 e. The van der Waals surface area contributed by atoms with Gasteiger partial charge in [0.2, 0.25) is 0 Å². The maximum absolute atomic E-state index is 13.0. The van der Waals surface area contributed by atoms with Crippen molar-refractivity contribution < 1.29 is 13.2 Å². The topological polar surface area (TPSA) is 38.9 Å². The highest BCUT2D eigenvalue weighted by Gasteiger charge is 2.37. The van der Waals surface area contributed by atoms with Crippen LogP contribution in [-0.4, -0.2) is 11.0 Å². The van der Waals surface area contributed by atoms with E-state index in [-0.39, 0.29) is 24.4 Å². The first-order chi connectivity index (χ1) is 12.8. The van der Waals surface area contributed by atoms with Crippen LogP contribution in [0.1, 0.15) is 23.5 Å². The number of nitrogens with zero attached hydrogens (tertiary/aromatic N) is 1. The minimum Gasteiger partial charge on any atom is -0.327 e. The van der Waals surface area contributed by atoms with Gasteiger partial charge in [0.1, 0.15) is 0 Å². The van der Waals surface area contributed by atoms with Gasteiger partial charge in [0.15, 0.2) is 0 Å². The largest absolute Gasteiger partial charge is 0.416 e. The van der Waals surface area contributed by atoms with Gasteiger partial charge < -0.3 is 5.73 Å². The molecule has 0 bridgehead atoms. The van der Waals surface area contributed by atoms with Gasteiger partial charge in [-0.1, -0.05) is 41.9 Å². The highest BCUT2D eigenvalue weighted by atomic mass is 35.5. The van der Waals surface area contributed by atoms with Crippen molar-refractivity contribution >= 4 is 24.0 Å². The molecule has 2 nitrogen and oxygen atoms in total. The Morgan fingerprint density at radius 1 is 0.964 bits per heavy atom. The van der Waals surface area contributed by atoms with E-state index >= 15 is 0 Å². The fourth-order valence-electron chi connectivity index (χ4n) is 3.20. The second-order valence-corrected chi connectivity index (χ2v) is 7.16. The lowest BCUT2D eigenvalue weighted by molar-refractivity contribution is -0.137. The maximum Gasteiger partial charge on any atom is 0.416 e. The van der Waals surface area contributed by atoms with Crippen molar-refractivity contribution in [2.45, 2.75) is 24.6 Å². The molecule has 0 spiro atoms. The molecule has 1 aliphatic rings. The van der Waals surface area contributed by atoms with Gasteiger partial charge in [0.25, 0.3) is 0 Å². The summed E-state index contributed by atoms with van der Waals surface area (Å²) in [6, 6.07) is 16.2. The molecule has 0 aliphatic heterocycles. The van der Waals surface area contributed by atoms with Crippen LogP contribution in [0.3, 0.4) is 0 Å². The number of nitrogens with two attached hydrogens (primary N) is 1. The van der Waals surface area contributed by atoms with E-state index in [1.54, 1.807) is 24.3 Å². The number of benzene rings is 2. The molecule has 4 rings (SSSR count). The van der Waals surface area contributed by atoms with E-state index in [2.05, 4.69) is 0 Å². The van der Waals surface area contributed by atoms with Gasteiger partial charge in [-0.15, -0.1) is 12.4 Å². The predicted molar refractivity (Wildman–Crippen MR) is 108 cm³/mol. The van der Waals surface area contributed by atoms with Crippen LogP contribution in [0.2, 0.25) is 5.02 Å². The molecule has 28 heavy (non-hydrogen) atoms. The molecule has 2 aromatic carbocycles. The zero-order chi connectivity index (χ0) is 19.2. The number of hydrogen-bond donors (Lipinski definition) is 1. The first-order valence-corrected chi connectivity index (χ1v) is 8.91. The van der Waals surface area contributed by atoms with Crippen LogP contribution in [0, 0.1) is 0 Å². The summed E-state index contributed by atoms with van der Waals surface area (Å²) in [4.78, 5) is 4.70. The SMILES string of the molecule is Cl.NC1CC1c1ccc(-c2cccc(C(F)(F)F)c2)nc1-c1ccc(Cl)cc1. The summed E-state index contributed by atoms with van der Waals surface area (Å²) in [5, 5.41) is 0.609. The van der Waals surface area contributed by atoms with Crippen LogP contribution in [0.25, 0.3) is 22.5 Å². The number of hydrogen-bond acceptors (Lipinski definition) is 2. The lowest BCUT2D eigenvalue weighted by atomic mass is 9.99. The van der Waals surface area contributed by atoms with E-state index in [4.69, 9.17) is 22.3 Å². The van der Waals surface area contributed by atoms with Gasteiger partial charge in [0.05, 0.1) is 17.0 Å². The molecule has 0 radical (unpaired) electrons. The molecule has 1 aliphatic carbocycles. The van der Waals surface area contributed by atoms with E-state index in [9.17, 15) is 13.2 Å². The molecule has 0 amide bonds. The van der Waals surface area contributed by atoms with Gasteiger partial charge in [-0.2, -0.15) is 13.2 Å². The van der Waals surface area contributed by atoms with Crippen molar-refractivity contribution in [3.8, 4) is 22.5 Å². The molecule has 1 heterocycles. The third-order valence-corrected chi connectivity index (χ3v) is 5.02. The van der Waals surface area contributed by atoms with Gasteiger partial charge >= 0.3 is 6.18 Å². The Balaban J connectivity index is 0.00000225. The average molecular weight is 425 g/mol. The molecule has 0 saturated heterocycles. The standard InChI is InChI=1S/C21H16ClF3N2.ClH/c22-15-6-4-12(5-7-15)20-16(17-11-18(17)26)8-9-19(27-20)13-2-1-3-14(10-13)21(23,24)25;/h1-10,17-18H,11,26H2;1H. The Morgan fingerprint density at radius 3 is 2.25 bits per heavy atom. The first kappa shape index (κ1) is 20.6. The van der Waals surface area contributed by atoms with Gasteiger partial charge in [0, 0.05) is 28.1 Å². The number of aromatic nitrogens is 1. The average Bonchev–Trinajstić information content (AvgIpc) is 3.38. The normalized spacial score (nSPS) is 18.5. The molecule has 2 unspecified atom stereocenters. The molecule has 2 N–H and O–H groups in total. The van der Waals surface area contributed by atoms with Crippen LogP contribution in [0.4, 0.5) is 13.2 Å². The molecule has 1 saturated carbocycles. The Bertz CT molecular complexity index is 988. The zero-order valence-electron chi connectivity index (χ0n) is 14.6. The second-order valence-electron chi connectivity index (χ2n) is 6.73. The third-order valence-electron chi connectivity index (χ3n) is 4.77.